The second-order valence-corrected chi connectivity index (χ2v) is 8.78. The molecule has 0 saturated carbocycles. The van der Waals surface area contributed by atoms with Gasteiger partial charge in [-0.15, -0.1) is 12.4 Å². The van der Waals surface area contributed by atoms with Gasteiger partial charge in [0, 0.05) is 26.2 Å². The third-order valence-electron chi connectivity index (χ3n) is 5.58. The lowest BCUT2D eigenvalue weighted by atomic mass is 10.2. The number of anilines is 1. The Kier molecular flexibility index (Phi) is 7.64. The summed E-state index contributed by atoms with van der Waals surface area (Å²) in [4.78, 5) is 22.1. The number of hydrogen-bond donors (Lipinski definition) is 0. The molecule has 5 rings (SSSR count). The molecule has 1 fully saturated rings. The maximum Gasteiger partial charge on any atom is 0.273 e. The number of benzene rings is 2. The molecule has 10 heteroatoms. The molecule has 2 aliphatic rings. The van der Waals surface area contributed by atoms with Crippen molar-refractivity contribution in [2.45, 2.75) is 12.5 Å². The van der Waals surface area contributed by atoms with Crippen LogP contribution in [0.15, 0.2) is 42.5 Å². The predicted molar refractivity (Wildman–Crippen MR) is 127 cm³/mol. The van der Waals surface area contributed by atoms with Crippen LogP contribution >= 0.6 is 23.7 Å². The van der Waals surface area contributed by atoms with Gasteiger partial charge in [-0.25, -0.2) is 9.37 Å². The maximum atomic E-state index is 13.7. The minimum atomic E-state index is -0.767. The molecule has 3 aromatic rings. The lowest BCUT2D eigenvalue weighted by Gasteiger charge is -2.31. The van der Waals surface area contributed by atoms with Crippen LogP contribution < -0.4 is 14.4 Å². The van der Waals surface area contributed by atoms with E-state index >= 15 is 0 Å². The van der Waals surface area contributed by atoms with E-state index in [9.17, 15) is 9.18 Å². The molecule has 33 heavy (non-hydrogen) atoms. The van der Waals surface area contributed by atoms with Crippen molar-refractivity contribution in [2.24, 2.45) is 0 Å². The SMILES string of the molecule is Cl.O=C(C1COc2ccccc2O1)N(CCCN1CCOCC1)c1nc2ccc(F)cc2s1. The van der Waals surface area contributed by atoms with Crippen molar-refractivity contribution >= 4 is 45.0 Å². The predicted octanol–water partition coefficient (Wildman–Crippen LogP) is 3.75. The molecule has 0 spiro atoms. The van der Waals surface area contributed by atoms with Crippen LogP contribution in [0.1, 0.15) is 6.42 Å². The molecular formula is C23H25ClFN3O4S. The first-order chi connectivity index (χ1) is 15.7. The van der Waals surface area contributed by atoms with E-state index in [1.807, 2.05) is 18.2 Å². The zero-order chi connectivity index (χ0) is 21.9. The summed E-state index contributed by atoms with van der Waals surface area (Å²) in [6.45, 7) is 4.74. The standard InChI is InChI=1S/C23H24FN3O4S.ClH/c24-16-6-7-17-21(14-16)32-23(25-17)27(9-3-8-26-10-12-29-13-11-26)22(28)20-15-30-18-4-1-2-5-19(18)31-20;/h1-2,4-7,14,20H,3,8-13,15H2;1H. The molecule has 176 valence electrons. The van der Waals surface area contributed by atoms with Crippen LogP contribution in [0.3, 0.4) is 0 Å². The second kappa shape index (κ2) is 10.6. The van der Waals surface area contributed by atoms with Crippen molar-refractivity contribution in [3.8, 4) is 11.5 Å². The van der Waals surface area contributed by atoms with E-state index < -0.39 is 6.10 Å². The van der Waals surface area contributed by atoms with E-state index in [1.54, 1.807) is 17.0 Å². The summed E-state index contributed by atoms with van der Waals surface area (Å²) in [6.07, 6.45) is 0.0113. The Bertz CT molecular complexity index is 1110. The molecule has 0 radical (unpaired) electrons. The number of carbonyl (C=O) groups excluding carboxylic acids is 1. The van der Waals surface area contributed by atoms with Gasteiger partial charge in [0.05, 0.1) is 23.4 Å². The monoisotopic (exact) mass is 493 g/mol. The number of fused-ring (bicyclic) bond motifs is 2. The van der Waals surface area contributed by atoms with Crippen molar-refractivity contribution in [3.05, 3.63) is 48.3 Å². The quantitative estimate of drug-likeness (QED) is 0.521. The first-order valence-corrected chi connectivity index (χ1v) is 11.5. The zero-order valence-corrected chi connectivity index (χ0v) is 19.6. The van der Waals surface area contributed by atoms with Crippen molar-refractivity contribution in [2.75, 3.05) is 50.9 Å². The first-order valence-electron chi connectivity index (χ1n) is 10.7. The molecule has 1 saturated heterocycles. The minimum Gasteiger partial charge on any atom is -0.485 e. The highest BCUT2D eigenvalue weighted by atomic mass is 35.5. The number of nitrogens with zero attached hydrogens (tertiary/aromatic N) is 3. The van der Waals surface area contributed by atoms with Crippen molar-refractivity contribution in [1.29, 1.82) is 0 Å². The summed E-state index contributed by atoms with van der Waals surface area (Å²) < 4.78 is 31.5. The smallest absolute Gasteiger partial charge is 0.273 e. The lowest BCUT2D eigenvalue weighted by Crippen LogP contribution is -2.47. The summed E-state index contributed by atoms with van der Waals surface area (Å²) in [5.74, 6) is 0.655. The van der Waals surface area contributed by atoms with Gasteiger partial charge in [-0.05, 0) is 36.8 Å². The van der Waals surface area contributed by atoms with Crippen LogP contribution in [-0.2, 0) is 9.53 Å². The maximum absolute atomic E-state index is 13.7. The Morgan fingerprint density at radius 2 is 1.97 bits per heavy atom. The third kappa shape index (κ3) is 5.38. The van der Waals surface area contributed by atoms with Gasteiger partial charge in [-0.1, -0.05) is 23.5 Å². The molecule has 7 nitrogen and oxygen atoms in total. The van der Waals surface area contributed by atoms with Crippen LogP contribution in [-0.4, -0.2) is 67.9 Å². The van der Waals surface area contributed by atoms with Gasteiger partial charge in [-0.3, -0.25) is 14.6 Å². The number of rotatable bonds is 6. The van der Waals surface area contributed by atoms with Gasteiger partial charge in [0.25, 0.3) is 5.91 Å². The molecule has 2 aromatic carbocycles. The summed E-state index contributed by atoms with van der Waals surface area (Å²) in [5.41, 5.74) is 0.670. The molecule has 3 heterocycles. The molecule has 1 amide bonds. The van der Waals surface area contributed by atoms with E-state index in [4.69, 9.17) is 14.2 Å². The van der Waals surface area contributed by atoms with E-state index in [0.717, 1.165) is 39.3 Å². The molecule has 1 aromatic heterocycles. The molecule has 1 atom stereocenters. The summed E-state index contributed by atoms with van der Waals surface area (Å²) in [6, 6.07) is 11.8. The molecule has 0 aliphatic carbocycles. The Labute approximate surface area is 201 Å². The van der Waals surface area contributed by atoms with Crippen molar-refractivity contribution < 1.29 is 23.4 Å². The minimum absolute atomic E-state index is 0. The van der Waals surface area contributed by atoms with Gasteiger partial charge >= 0.3 is 0 Å². The lowest BCUT2D eigenvalue weighted by molar-refractivity contribution is -0.127. The number of para-hydroxylation sites is 2. The van der Waals surface area contributed by atoms with Crippen LogP contribution in [0.5, 0.6) is 11.5 Å². The Balaban J connectivity index is 0.00000259. The summed E-state index contributed by atoms with van der Waals surface area (Å²) >= 11 is 1.31. The van der Waals surface area contributed by atoms with E-state index in [2.05, 4.69) is 9.88 Å². The number of hydrogen-bond acceptors (Lipinski definition) is 7. The fourth-order valence-corrected chi connectivity index (χ4v) is 4.92. The number of thiazole rings is 1. The van der Waals surface area contributed by atoms with Crippen LogP contribution in [0.25, 0.3) is 10.2 Å². The highest BCUT2D eigenvalue weighted by Crippen LogP contribution is 2.33. The van der Waals surface area contributed by atoms with Gasteiger partial charge in [0.1, 0.15) is 12.4 Å². The molecule has 0 N–H and O–H groups in total. The number of aromatic nitrogens is 1. The Morgan fingerprint density at radius 3 is 2.79 bits per heavy atom. The average Bonchev–Trinajstić information content (AvgIpc) is 3.24. The highest BCUT2D eigenvalue weighted by molar-refractivity contribution is 7.22. The number of morpholine rings is 1. The fraction of sp³-hybridized carbons (Fsp3) is 0.391. The van der Waals surface area contributed by atoms with Crippen molar-refractivity contribution in [1.82, 2.24) is 9.88 Å². The average molecular weight is 494 g/mol. The number of ether oxygens (including phenoxy) is 3. The molecule has 2 aliphatic heterocycles. The fourth-order valence-electron chi connectivity index (χ4n) is 3.89. The number of halogens is 2. The van der Waals surface area contributed by atoms with Gasteiger partial charge in [0.15, 0.2) is 16.6 Å². The largest absolute Gasteiger partial charge is 0.485 e. The highest BCUT2D eigenvalue weighted by Gasteiger charge is 2.33. The summed E-state index contributed by atoms with van der Waals surface area (Å²) in [7, 11) is 0. The Morgan fingerprint density at radius 1 is 1.18 bits per heavy atom. The van der Waals surface area contributed by atoms with Gasteiger partial charge in [0.2, 0.25) is 6.10 Å². The number of carbonyl (C=O) groups is 1. The topological polar surface area (TPSA) is 64.1 Å². The zero-order valence-electron chi connectivity index (χ0n) is 17.9. The molecule has 1 unspecified atom stereocenters. The third-order valence-corrected chi connectivity index (χ3v) is 6.62. The first kappa shape index (κ1) is 23.7. The number of amides is 1. The molecular weight excluding hydrogens is 469 g/mol. The second-order valence-electron chi connectivity index (χ2n) is 7.77. The van der Waals surface area contributed by atoms with E-state index in [1.165, 1.54) is 23.5 Å². The van der Waals surface area contributed by atoms with Crippen LogP contribution in [0, 0.1) is 5.82 Å². The van der Waals surface area contributed by atoms with Crippen LogP contribution in [0.2, 0.25) is 0 Å². The van der Waals surface area contributed by atoms with E-state index in [0.29, 0.717) is 33.4 Å². The Hall–Kier alpha value is -2.46. The molecule has 0 bridgehead atoms. The van der Waals surface area contributed by atoms with Crippen LogP contribution in [0.4, 0.5) is 9.52 Å². The summed E-state index contributed by atoms with van der Waals surface area (Å²) in [5, 5.41) is 0.542. The normalized spacial score (nSPS) is 18.0. The van der Waals surface area contributed by atoms with Gasteiger partial charge < -0.3 is 14.2 Å². The van der Waals surface area contributed by atoms with Crippen molar-refractivity contribution in [3.63, 3.8) is 0 Å². The van der Waals surface area contributed by atoms with E-state index in [-0.39, 0.29) is 30.7 Å². The van der Waals surface area contributed by atoms with Gasteiger partial charge in [-0.2, -0.15) is 0 Å².